The standard InChI is InChI=1S/C15H18.2C5H5.2Fe/c1-3-15(4-2,13-9-5-6-10-13)14-11-7-8-12-14;2*1-2-4-5-3-1;;/h5-12H,3-4H2,1-2H3;2*1-5H;;. The van der Waals surface area contributed by atoms with Gasteiger partial charge in [0.25, 0.3) is 0 Å². The molecule has 0 saturated carbocycles. The fourth-order valence-corrected chi connectivity index (χ4v) is 189. The van der Waals surface area contributed by atoms with Crippen LogP contribution in [0.4, 0.5) is 0 Å². The second-order valence-corrected chi connectivity index (χ2v) is 68.3. The number of fused-ring (bicyclic) bond motifs is 20. The van der Waals surface area contributed by atoms with Gasteiger partial charge in [-0.1, -0.05) is 0 Å². The van der Waals surface area contributed by atoms with Crippen molar-refractivity contribution in [1.82, 2.24) is 0 Å². The molecule has 0 nitrogen and oxygen atoms in total. The Morgan fingerprint density at radius 3 is 0.852 bits per heavy atom. The number of rotatable bonds is 4. The van der Waals surface area contributed by atoms with Crippen LogP contribution in [-0.2, 0) is 13.0 Å². The van der Waals surface area contributed by atoms with E-state index in [1.54, 1.807) is 99.5 Å². The van der Waals surface area contributed by atoms with E-state index in [2.05, 4.69) is 13.8 Å². The summed E-state index contributed by atoms with van der Waals surface area (Å²) in [6.45, 7) is -0.324. The molecule has 8 atom stereocenters. The Kier molecular flexibility index (Phi) is 0.231. The van der Waals surface area contributed by atoms with Crippen LogP contribution < -0.4 is 0 Å². The van der Waals surface area contributed by atoms with Gasteiger partial charge in [0.15, 0.2) is 0 Å². The zero-order valence-corrected chi connectivity index (χ0v) is 18.2. The number of hydrogen-bond acceptors (Lipinski definition) is 0. The van der Waals surface area contributed by atoms with Crippen LogP contribution >= 0.6 is 0 Å². The fraction of sp³-hybridized carbons (Fsp3) is 1.00. The minimum atomic E-state index is -3.00. The molecule has 20 aliphatic heterocycles. The van der Waals surface area contributed by atoms with Gasteiger partial charge in [0.05, 0.1) is 0 Å². The first-order valence-corrected chi connectivity index (χ1v) is 25.7. The Morgan fingerprint density at radius 1 is 0.481 bits per heavy atom. The summed E-state index contributed by atoms with van der Waals surface area (Å²) in [7, 11) is 0. The summed E-state index contributed by atoms with van der Waals surface area (Å²) in [5, 5.41) is 0. The van der Waals surface area contributed by atoms with Crippen molar-refractivity contribution in [3.8, 4) is 0 Å². The predicted molar refractivity (Wildman–Crippen MR) is 95.9 cm³/mol. The zero-order chi connectivity index (χ0) is 15.9. The summed E-state index contributed by atoms with van der Waals surface area (Å²) in [5.74, 6) is 0. The van der Waals surface area contributed by atoms with Gasteiger partial charge in [-0.15, -0.1) is 0 Å². The molecule has 0 aromatic rings. The predicted octanol–water partition coefficient (Wildman–Crippen LogP) is 8.31. The van der Waals surface area contributed by atoms with E-state index < -0.39 is 13.0 Å². The maximum absolute atomic E-state index is 3.00. The van der Waals surface area contributed by atoms with E-state index in [0.29, 0.717) is 0 Å². The van der Waals surface area contributed by atoms with Crippen LogP contribution in [0.5, 0.6) is 0 Å². The average molecular weight is 440 g/mol. The van der Waals surface area contributed by atoms with Crippen LogP contribution in [0.1, 0.15) is 26.7 Å². The second-order valence-electron chi connectivity index (χ2n) is 21.1. The van der Waals surface area contributed by atoms with Crippen molar-refractivity contribution in [3.05, 3.63) is 0 Å². The number of hydrogen-bond donors (Lipinski definition) is 0. The molecule has 2 heteroatoms. The molecule has 0 bridgehead atoms. The first kappa shape index (κ1) is 9.26. The third kappa shape index (κ3) is 0.0833. The van der Waals surface area contributed by atoms with Gasteiger partial charge in [0, 0.05) is 0 Å². The van der Waals surface area contributed by atoms with Crippen LogP contribution in [0.2, 0.25) is 95.3 Å². The molecule has 2 spiro atoms. The molecule has 144 valence electrons. The Balaban J connectivity index is 1.18. The van der Waals surface area contributed by atoms with Crippen molar-refractivity contribution < 1.29 is 13.0 Å². The molecular weight excluding hydrogens is 412 g/mol. The molecule has 27 heavy (non-hydrogen) atoms. The summed E-state index contributed by atoms with van der Waals surface area (Å²) in [6, 6.07) is 0. The average Bonchev–Trinajstić information content (AvgIpc) is 3.58. The summed E-state index contributed by atoms with van der Waals surface area (Å²) >= 11 is 0. The Bertz CT molecular complexity index is 1790. The van der Waals surface area contributed by atoms with Gasteiger partial charge in [-0.25, -0.2) is 0 Å². The van der Waals surface area contributed by atoms with Crippen molar-refractivity contribution in [3.63, 3.8) is 0 Å². The van der Waals surface area contributed by atoms with Crippen molar-refractivity contribution >= 4 is 0 Å². The summed E-state index contributed by atoms with van der Waals surface area (Å²) < 4.78 is 2.51. The first-order chi connectivity index (χ1) is 12.7. The van der Waals surface area contributed by atoms with Crippen LogP contribution in [-0.4, -0.2) is 0 Å². The summed E-state index contributed by atoms with van der Waals surface area (Å²) in [6.07, 6.45) is 3.49. The van der Waals surface area contributed by atoms with Crippen LogP contribution in [0.25, 0.3) is 0 Å². The van der Waals surface area contributed by atoms with Crippen molar-refractivity contribution in [2.24, 2.45) is 5.41 Å². The Labute approximate surface area is 139 Å². The molecule has 20 fully saturated rings. The minimum absolute atomic E-state index is 1.06. The van der Waals surface area contributed by atoms with Crippen LogP contribution in [0, 0.1) is 5.41 Å². The zero-order valence-electron chi connectivity index (χ0n) is 16.0. The van der Waals surface area contributed by atoms with Crippen molar-refractivity contribution in [1.29, 1.82) is 0 Å². The van der Waals surface area contributed by atoms with Crippen LogP contribution in [0.3, 0.4) is 0 Å². The SMILES string of the molecule is CCC(CC)([C]12[CH]3[CH]4[CH]5[CH]1[Fe]45321678[CH]2[CH]1[CH]6[CH]7[CH]28)[C]12[CH]3[CH]4[CH]5[CH]1[Fe]45321678[CH]2[CH]1[CH]6[CH]7[CH]28. The van der Waals surface area contributed by atoms with Gasteiger partial charge in [-0.2, -0.15) is 0 Å². The molecule has 0 aromatic heterocycles. The maximum atomic E-state index is 2.84. The second kappa shape index (κ2) is 0.673. The molecule has 20 rings (SSSR count). The van der Waals surface area contributed by atoms with Gasteiger partial charge >= 0.3 is 140 Å². The molecule has 20 saturated heterocycles. The van der Waals surface area contributed by atoms with E-state index in [9.17, 15) is 0 Å². The van der Waals surface area contributed by atoms with Crippen molar-refractivity contribution in [2.75, 3.05) is 0 Å². The van der Waals surface area contributed by atoms with E-state index in [4.69, 9.17) is 0 Å². The molecular formula is C25H28Fe2. The van der Waals surface area contributed by atoms with E-state index in [-0.39, 0.29) is 0 Å². The molecule has 0 amide bonds. The Hall–Kier alpha value is 1.04. The molecule has 0 radical (unpaired) electrons. The molecule has 0 aliphatic carbocycles. The third-order valence-corrected chi connectivity index (χ3v) is 117. The summed E-state index contributed by atoms with van der Waals surface area (Å²) in [5.41, 5.74) is 1.06. The molecule has 8 unspecified atom stereocenters. The van der Waals surface area contributed by atoms with Crippen molar-refractivity contribution in [2.45, 2.75) is 122 Å². The quantitative estimate of drug-likeness (QED) is 0.386. The third-order valence-electron chi connectivity index (χ3n) is 32.0. The normalized spacial score (nSPS) is 148. The Morgan fingerprint density at radius 2 is 0.741 bits per heavy atom. The molecule has 20 heterocycles. The van der Waals surface area contributed by atoms with E-state index in [1.807, 2.05) is 0 Å². The fourth-order valence-electron chi connectivity index (χ4n) is 36.7. The summed E-state index contributed by atoms with van der Waals surface area (Å²) in [4.78, 5) is 28.6. The van der Waals surface area contributed by atoms with E-state index in [0.717, 1.165) is 5.41 Å². The van der Waals surface area contributed by atoms with E-state index in [1.165, 1.54) is 8.63 Å². The van der Waals surface area contributed by atoms with Gasteiger partial charge in [-0.05, 0) is 0 Å². The van der Waals surface area contributed by atoms with Gasteiger partial charge in [0.1, 0.15) is 0 Å². The van der Waals surface area contributed by atoms with Gasteiger partial charge < -0.3 is 0 Å². The van der Waals surface area contributed by atoms with Gasteiger partial charge in [0.2, 0.25) is 0 Å². The first-order valence-electron chi connectivity index (χ1n) is 13.1. The molecule has 0 aromatic carbocycles. The van der Waals surface area contributed by atoms with Crippen LogP contribution in [0.15, 0.2) is 0 Å². The molecule has 20 aliphatic rings. The topological polar surface area (TPSA) is 0 Å². The molecule has 0 N–H and O–H groups in total. The monoisotopic (exact) mass is 440 g/mol. The van der Waals surface area contributed by atoms with Gasteiger partial charge in [-0.3, -0.25) is 0 Å². The van der Waals surface area contributed by atoms with E-state index >= 15 is 0 Å².